The fourth-order valence-corrected chi connectivity index (χ4v) is 2.04. The van der Waals surface area contributed by atoms with Crippen molar-refractivity contribution in [2.24, 2.45) is 5.92 Å². The van der Waals surface area contributed by atoms with Crippen molar-refractivity contribution in [2.45, 2.75) is 25.3 Å². The maximum Gasteiger partial charge on any atom is 0.234 e. The number of likely N-dealkylation sites (tertiary alicyclic amines) is 1. The molecule has 2 N–H and O–H groups in total. The zero-order chi connectivity index (χ0) is 10.7. The molecule has 1 saturated carbocycles. The molecular formula is C11H21N3O. The fraction of sp³-hybridized carbons (Fsp3) is 0.909. The van der Waals surface area contributed by atoms with Gasteiger partial charge in [-0.2, -0.15) is 0 Å². The van der Waals surface area contributed by atoms with E-state index in [1.807, 2.05) is 0 Å². The maximum atomic E-state index is 11.5. The summed E-state index contributed by atoms with van der Waals surface area (Å²) in [6.07, 6.45) is 3.76. The van der Waals surface area contributed by atoms with E-state index in [2.05, 4.69) is 22.6 Å². The topological polar surface area (TPSA) is 44.4 Å². The van der Waals surface area contributed by atoms with Crippen LogP contribution in [-0.2, 0) is 4.79 Å². The highest BCUT2D eigenvalue weighted by Gasteiger charge is 2.22. The first-order valence-corrected chi connectivity index (χ1v) is 5.92. The van der Waals surface area contributed by atoms with E-state index in [0.29, 0.717) is 12.6 Å². The van der Waals surface area contributed by atoms with E-state index in [-0.39, 0.29) is 5.91 Å². The van der Waals surface area contributed by atoms with Gasteiger partial charge in [-0.05, 0) is 45.3 Å². The molecule has 2 fully saturated rings. The van der Waals surface area contributed by atoms with Crippen molar-refractivity contribution in [3.63, 3.8) is 0 Å². The highest BCUT2D eigenvalue weighted by atomic mass is 16.2. The zero-order valence-corrected chi connectivity index (χ0v) is 9.46. The minimum Gasteiger partial charge on any atom is -0.351 e. The van der Waals surface area contributed by atoms with E-state index >= 15 is 0 Å². The predicted molar refractivity (Wildman–Crippen MR) is 59.6 cm³/mol. The molecular weight excluding hydrogens is 190 g/mol. The minimum atomic E-state index is 0.149. The summed E-state index contributed by atoms with van der Waals surface area (Å²) in [7, 11) is 2.09. The Morgan fingerprint density at radius 2 is 2.20 bits per heavy atom. The normalized spacial score (nSPS) is 26.9. The zero-order valence-electron chi connectivity index (χ0n) is 9.46. The van der Waals surface area contributed by atoms with E-state index in [9.17, 15) is 4.79 Å². The van der Waals surface area contributed by atoms with Crippen LogP contribution in [0.1, 0.15) is 19.3 Å². The summed E-state index contributed by atoms with van der Waals surface area (Å²) in [4.78, 5) is 13.8. The first kappa shape index (κ1) is 10.9. The molecule has 0 aromatic heterocycles. The molecule has 1 heterocycles. The Bertz CT molecular complexity index is 228. The lowest BCUT2D eigenvalue weighted by atomic mass is 10.2. The molecule has 0 aromatic rings. The van der Waals surface area contributed by atoms with Crippen LogP contribution in [0.2, 0.25) is 0 Å². The van der Waals surface area contributed by atoms with Crippen LogP contribution in [0.5, 0.6) is 0 Å². The molecule has 2 aliphatic rings. The largest absolute Gasteiger partial charge is 0.351 e. The van der Waals surface area contributed by atoms with Gasteiger partial charge in [0.2, 0.25) is 5.91 Å². The Kier molecular flexibility index (Phi) is 3.59. The fourth-order valence-electron chi connectivity index (χ4n) is 2.04. The third kappa shape index (κ3) is 3.80. The molecule has 15 heavy (non-hydrogen) atoms. The van der Waals surface area contributed by atoms with Crippen LogP contribution in [0.25, 0.3) is 0 Å². The van der Waals surface area contributed by atoms with E-state index in [0.717, 1.165) is 32.0 Å². The summed E-state index contributed by atoms with van der Waals surface area (Å²) in [5, 5.41) is 6.27. The molecule has 0 bridgehead atoms. The van der Waals surface area contributed by atoms with Gasteiger partial charge in [0.15, 0.2) is 0 Å². The van der Waals surface area contributed by atoms with E-state index in [1.54, 1.807) is 0 Å². The summed E-state index contributed by atoms with van der Waals surface area (Å²) >= 11 is 0. The number of hydrogen-bond donors (Lipinski definition) is 2. The quantitative estimate of drug-likeness (QED) is 0.662. The second-order valence-corrected chi connectivity index (χ2v) is 4.89. The summed E-state index contributed by atoms with van der Waals surface area (Å²) in [6.45, 7) is 3.59. The van der Waals surface area contributed by atoms with Gasteiger partial charge in [0.1, 0.15) is 0 Å². The Labute approximate surface area is 91.4 Å². The Morgan fingerprint density at radius 1 is 1.40 bits per heavy atom. The number of carbonyl (C=O) groups is 1. The van der Waals surface area contributed by atoms with Crippen LogP contribution in [0, 0.1) is 5.92 Å². The van der Waals surface area contributed by atoms with Crippen molar-refractivity contribution in [1.82, 2.24) is 15.5 Å². The van der Waals surface area contributed by atoms with Crippen molar-refractivity contribution in [2.75, 3.05) is 33.2 Å². The lowest BCUT2D eigenvalue weighted by Gasteiger charge is -2.13. The van der Waals surface area contributed by atoms with Crippen LogP contribution in [0.3, 0.4) is 0 Å². The van der Waals surface area contributed by atoms with Gasteiger partial charge in [0, 0.05) is 12.6 Å². The number of hydrogen-bond acceptors (Lipinski definition) is 3. The molecule has 1 atom stereocenters. The molecule has 1 saturated heterocycles. The lowest BCUT2D eigenvalue weighted by molar-refractivity contribution is -0.120. The lowest BCUT2D eigenvalue weighted by Crippen LogP contribution is -2.41. The Morgan fingerprint density at radius 3 is 2.80 bits per heavy atom. The first-order valence-electron chi connectivity index (χ1n) is 5.92. The van der Waals surface area contributed by atoms with Crippen LogP contribution >= 0.6 is 0 Å². The summed E-state index contributed by atoms with van der Waals surface area (Å²) < 4.78 is 0. The van der Waals surface area contributed by atoms with Gasteiger partial charge in [-0.15, -0.1) is 0 Å². The van der Waals surface area contributed by atoms with Gasteiger partial charge in [-0.1, -0.05) is 0 Å². The van der Waals surface area contributed by atoms with Gasteiger partial charge in [0.05, 0.1) is 6.54 Å². The second kappa shape index (κ2) is 4.94. The molecule has 1 aliphatic carbocycles. The highest BCUT2D eigenvalue weighted by molar-refractivity contribution is 5.78. The average Bonchev–Trinajstić information content (AvgIpc) is 2.91. The van der Waals surface area contributed by atoms with Crippen molar-refractivity contribution in [3.8, 4) is 0 Å². The number of amides is 1. The predicted octanol–water partition coefficient (Wildman–Crippen LogP) is -0.194. The number of nitrogens with one attached hydrogen (secondary N) is 2. The molecule has 86 valence electrons. The van der Waals surface area contributed by atoms with E-state index in [4.69, 9.17) is 0 Å². The van der Waals surface area contributed by atoms with Gasteiger partial charge in [0.25, 0.3) is 0 Å². The van der Waals surface area contributed by atoms with E-state index < -0.39 is 0 Å². The smallest absolute Gasteiger partial charge is 0.234 e. The average molecular weight is 211 g/mol. The molecule has 1 aliphatic heterocycles. The second-order valence-electron chi connectivity index (χ2n) is 4.89. The van der Waals surface area contributed by atoms with Crippen LogP contribution in [-0.4, -0.2) is 50.1 Å². The van der Waals surface area contributed by atoms with Crippen LogP contribution < -0.4 is 10.6 Å². The number of carbonyl (C=O) groups excluding carboxylic acids is 1. The molecule has 4 nitrogen and oxygen atoms in total. The minimum absolute atomic E-state index is 0.149. The molecule has 1 unspecified atom stereocenters. The van der Waals surface area contributed by atoms with Crippen LogP contribution in [0.15, 0.2) is 0 Å². The third-order valence-corrected chi connectivity index (χ3v) is 3.17. The SMILES string of the molecule is CN1CCC(NC(=O)CNCC2CC2)C1. The summed E-state index contributed by atoms with van der Waals surface area (Å²) in [6, 6.07) is 0.366. The monoisotopic (exact) mass is 211 g/mol. The third-order valence-electron chi connectivity index (χ3n) is 3.17. The van der Waals surface area contributed by atoms with Crippen molar-refractivity contribution < 1.29 is 4.79 Å². The Hall–Kier alpha value is -0.610. The van der Waals surface area contributed by atoms with Gasteiger partial charge in [-0.25, -0.2) is 0 Å². The molecule has 0 radical (unpaired) electrons. The van der Waals surface area contributed by atoms with Crippen LogP contribution in [0.4, 0.5) is 0 Å². The van der Waals surface area contributed by atoms with Gasteiger partial charge in [-0.3, -0.25) is 4.79 Å². The number of nitrogens with zero attached hydrogens (tertiary/aromatic N) is 1. The Balaban J connectivity index is 1.55. The van der Waals surface area contributed by atoms with Gasteiger partial charge < -0.3 is 15.5 Å². The van der Waals surface area contributed by atoms with Gasteiger partial charge >= 0.3 is 0 Å². The van der Waals surface area contributed by atoms with Crippen molar-refractivity contribution >= 4 is 5.91 Å². The van der Waals surface area contributed by atoms with Crippen molar-refractivity contribution in [3.05, 3.63) is 0 Å². The number of rotatable bonds is 5. The molecule has 1 amide bonds. The molecule has 0 spiro atoms. The standard InChI is InChI=1S/C11H21N3O/c1-14-5-4-10(8-14)13-11(15)7-12-6-9-2-3-9/h9-10,12H,2-8H2,1H3,(H,13,15). The molecule has 0 aromatic carbocycles. The first-order chi connectivity index (χ1) is 7.24. The summed E-state index contributed by atoms with van der Waals surface area (Å²) in [5.74, 6) is 0.992. The van der Waals surface area contributed by atoms with E-state index in [1.165, 1.54) is 12.8 Å². The maximum absolute atomic E-state index is 11.5. The molecule has 2 rings (SSSR count). The summed E-state index contributed by atoms with van der Waals surface area (Å²) in [5.41, 5.74) is 0. The number of likely N-dealkylation sites (N-methyl/N-ethyl adjacent to an activating group) is 1. The highest BCUT2D eigenvalue weighted by Crippen LogP contribution is 2.27. The van der Waals surface area contributed by atoms with Crippen molar-refractivity contribution in [1.29, 1.82) is 0 Å². The molecule has 4 heteroatoms.